The third kappa shape index (κ3) is 3.90. The number of aromatic nitrogens is 1. The fourth-order valence-electron chi connectivity index (χ4n) is 0.936. The van der Waals surface area contributed by atoms with Gasteiger partial charge in [0.1, 0.15) is 5.82 Å². The van der Waals surface area contributed by atoms with Gasteiger partial charge in [-0.25, -0.2) is 4.98 Å². The lowest BCUT2D eigenvalue weighted by atomic mass is 10.3. The van der Waals surface area contributed by atoms with Crippen molar-refractivity contribution in [2.75, 3.05) is 19.0 Å². The van der Waals surface area contributed by atoms with Gasteiger partial charge in [-0.05, 0) is 18.2 Å². The number of alkyl halides is 3. The number of ether oxygens (including phenoxy) is 1. The van der Waals surface area contributed by atoms with E-state index >= 15 is 0 Å². The van der Waals surface area contributed by atoms with Crippen LogP contribution in [0.5, 0.6) is 0 Å². The summed E-state index contributed by atoms with van der Waals surface area (Å²) in [6.45, 7) is 0.424. The lowest BCUT2D eigenvalue weighted by Crippen LogP contribution is -2.05. The fourth-order valence-corrected chi connectivity index (χ4v) is 0.936. The Kier molecular flexibility index (Phi) is 4.30. The molecule has 0 saturated heterocycles. The Morgan fingerprint density at radius 3 is 2.69 bits per heavy atom. The number of halogens is 3. The number of anilines is 1. The highest BCUT2D eigenvalue weighted by Crippen LogP contribution is 2.28. The second-order valence-electron chi connectivity index (χ2n) is 2.93. The molecule has 0 aliphatic carbocycles. The van der Waals surface area contributed by atoms with Crippen molar-refractivity contribution in [2.45, 2.75) is 6.18 Å². The van der Waals surface area contributed by atoms with Crippen molar-refractivity contribution in [3.8, 4) is 0 Å². The molecule has 1 rings (SSSR count). The van der Waals surface area contributed by atoms with Gasteiger partial charge in [-0.15, -0.1) is 0 Å². The van der Waals surface area contributed by atoms with E-state index in [1.165, 1.54) is 6.07 Å². The highest BCUT2D eigenvalue weighted by atomic mass is 19.4. The van der Waals surface area contributed by atoms with Gasteiger partial charge in [0.2, 0.25) is 0 Å². The third-order valence-corrected chi connectivity index (χ3v) is 1.70. The molecule has 1 N–H and O–H groups in total. The summed E-state index contributed by atoms with van der Waals surface area (Å²) in [5.74, 6) is 0.348. The molecule has 88 valence electrons. The Morgan fingerprint density at radius 2 is 2.19 bits per heavy atom. The number of rotatable bonds is 4. The molecule has 0 fully saturated rings. The molecule has 0 radical (unpaired) electrons. The van der Waals surface area contributed by atoms with E-state index in [1.54, 1.807) is 19.4 Å². The summed E-state index contributed by atoms with van der Waals surface area (Å²) < 4.78 is 41.3. The van der Waals surface area contributed by atoms with Gasteiger partial charge >= 0.3 is 6.18 Å². The highest BCUT2D eigenvalue weighted by molar-refractivity contribution is 5.38. The fraction of sp³-hybridized carbons (Fsp3) is 0.300. The summed E-state index contributed by atoms with van der Waals surface area (Å²) in [7, 11) is 1.54. The van der Waals surface area contributed by atoms with Gasteiger partial charge in [-0.2, -0.15) is 13.2 Å². The Labute approximate surface area is 90.9 Å². The maximum atomic E-state index is 12.2. The molecular formula is C10H11F3N2O. The van der Waals surface area contributed by atoms with E-state index in [0.29, 0.717) is 12.4 Å². The van der Waals surface area contributed by atoms with E-state index in [9.17, 15) is 13.2 Å². The standard InChI is InChI=1S/C10H11F3N2O/c1-16-6-2-5-14-9-4-3-8(7-15-9)10(11,12)13/h2-5,7H,6H2,1H3,(H,14,15)/b5-2+. The van der Waals surface area contributed by atoms with Crippen molar-refractivity contribution in [1.82, 2.24) is 4.98 Å². The van der Waals surface area contributed by atoms with Crippen molar-refractivity contribution in [1.29, 1.82) is 0 Å². The van der Waals surface area contributed by atoms with E-state index < -0.39 is 11.7 Å². The third-order valence-electron chi connectivity index (χ3n) is 1.70. The molecule has 3 nitrogen and oxygen atoms in total. The molecule has 0 atom stereocenters. The van der Waals surface area contributed by atoms with E-state index in [0.717, 1.165) is 12.3 Å². The largest absolute Gasteiger partial charge is 0.417 e. The zero-order valence-corrected chi connectivity index (χ0v) is 8.58. The van der Waals surface area contributed by atoms with Crippen molar-refractivity contribution in [2.24, 2.45) is 0 Å². The summed E-state index contributed by atoms with van der Waals surface area (Å²) in [6.07, 6.45) is -0.331. The number of nitrogens with zero attached hydrogens (tertiary/aromatic N) is 1. The second kappa shape index (κ2) is 5.50. The topological polar surface area (TPSA) is 34.1 Å². The number of nitrogens with one attached hydrogen (secondary N) is 1. The smallest absolute Gasteiger partial charge is 0.381 e. The molecule has 0 spiro atoms. The van der Waals surface area contributed by atoms with Crippen LogP contribution in [-0.2, 0) is 10.9 Å². The molecule has 1 aromatic heterocycles. The normalized spacial score (nSPS) is 12.0. The van der Waals surface area contributed by atoms with Crippen molar-refractivity contribution in [3.63, 3.8) is 0 Å². The second-order valence-corrected chi connectivity index (χ2v) is 2.93. The molecule has 0 unspecified atom stereocenters. The summed E-state index contributed by atoms with van der Waals surface area (Å²) >= 11 is 0. The Hall–Kier alpha value is -1.56. The Bertz CT molecular complexity index is 346. The summed E-state index contributed by atoms with van der Waals surface area (Å²) in [4.78, 5) is 3.62. The molecule has 0 saturated carbocycles. The Morgan fingerprint density at radius 1 is 1.44 bits per heavy atom. The maximum absolute atomic E-state index is 12.2. The van der Waals surface area contributed by atoms with Gasteiger partial charge in [-0.3, -0.25) is 0 Å². The minimum atomic E-state index is -4.35. The minimum absolute atomic E-state index is 0.348. The first kappa shape index (κ1) is 12.5. The van der Waals surface area contributed by atoms with E-state index in [4.69, 9.17) is 4.74 Å². The summed E-state index contributed by atoms with van der Waals surface area (Å²) in [5.41, 5.74) is -0.765. The Balaban J connectivity index is 2.58. The number of hydrogen-bond acceptors (Lipinski definition) is 3. The zero-order valence-electron chi connectivity index (χ0n) is 8.58. The van der Waals surface area contributed by atoms with Crippen molar-refractivity contribution < 1.29 is 17.9 Å². The van der Waals surface area contributed by atoms with Crippen LogP contribution in [0.4, 0.5) is 19.0 Å². The van der Waals surface area contributed by atoms with Crippen LogP contribution in [0.1, 0.15) is 5.56 Å². The molecule has 0 bridgehead atoms. The SMILES string of the molecule is COC/C=C/Nc1ccc(C(F)(F)F)cn1. The van der Waals surface area contributed by atoms with Crippen LogP contribution < -0.4 is 5.32 Å². The van der Waals surface area contributed by atoms with E-state index in [2.05, 4.69) is 10.3 Å². The molecule has 1 aromatic rings. The summed E-state index contributed by atoms with van der Waals surface area (Å²) in [5, 5.41) is 2.72. The van der Waals surface area contributed by atoms with Crippen LogP contribution >= 0.6 is 0 Å². The van der Waals surface area contributed by atoms with Crippen LogP contribution in [0, 0.1) is 0 Å². The van der Waals surface area contributed by atoms with Gasteiger partial charge in [0.05, 0.1) is 12.2 Å². The minimum Gasteiger partial charge on any atom is -0.381 e. The lowest BCUT2D eigenvalue weighted by molar-refractivity contribution is -0.137. The van der Waals surface area contributed by atoms with E-state index in [1.807, 2.05) is 0 Å². The molecule has 0 aliphatic heterocycles. The van der Waals surface area contributed by atoms with Gasteiger partial charge in [-0.1, -0.05) is 0 Å². The van der Waals surface area contributed by atoms with Gasteiger partial charge in [0.15, 0.2) is 0 Å². The van der Waals surface area contributed by atoms with Crippen LogP contribution in [0.3, 0.4) is 0 Å². The molecule has 1 heterocycles. The lowest BCUT2D eigenvalue weighted by Gasteiger charge is -2.06. The van der Waals surface area contributed by atoms with Gasteiger partial charge in [0, 0.05) is 19.5 Å². The molecule has 0 aromatic carbocycles. The first-order valence-corrected chi connectivity index (χ1v) is 4.48. The predicted octanol–water partition coefficient (Wildman–Crippen LogP) is 2.67. The van der Waals surface area contributed by atoms with Crippen LogP contribution in [-0.4, -0.2) is 18.7 Å². The van der Waals surface area contributed by atoms with Crippen molar-refractivity contribution in [3.05, 3.63) is 36.2 Å². The molecule has 6 heteroatoms. The average Bonchev–Trinajstić information content (AvgIpc) is 2.24. The van der Waals surface area contributed by atoms with Crippen LogP contribution in [0.15, 0.2) is 30.6 Å². The van der Waals surface area contributed by atoms with Crippen LogP contribution in [0.2, 0.25) is 0 Å². The van der Waals surface area contributed by atoms with Crippen LogP contribution in [0.25, 0.3) is 0 Å². The number of hydrogen-bond donors (Lipinski definition) is 1. The van der Waals surface area contributed by atoms with Gasteiger partial charge < -0.3 is 10.1 Å². The zero-order chi connectivity index (χ0) is 12.0. The molecule has 0 amide bonds. The quantitative estimate of drug-likeness (QED) is 0.866. The van der Waals surface area contributed by atoms with Gasteiger partial charge in [0.25, 0.3) is 0 Å². The summed E-state index contributed by atoms with van der Waals surface area (Å²) in [6, 6.07) is 2.24. The molecular weight excluding hydrogens is 221 g/mol. The monoisotopic (exact) mass is 232 g/mol. The first-order chi connectivity index (χ1) is 7.54. The molecule has 0 aliphatic rings. The maximum Gasteiger partial charge on any atom is 0.417 e. The molecule has 16 heavy (non-hydrogen) atoms. The number of methoxy groups -OCH3 is 1. The van der Waals surface area contributed by atoms with E-state index in [-0.39, 0.29) is 0 Å². The predicted molar refractivity (Wildman–Crippen MR) is 53.9 cm³/mol. The number of pyridine rings is 1. The highest BCUT2D eigenvalue weighted by Gasteiger charge is 2.30. The average molecular weight is 232 g/mol. The first-order valence-electron chi connectivity index (χ1n) is 4.48. The van der Waals surface area contributed by atoms with Crippen molar-refractivity contribution >= 4 is 5.82 Å².